The Kier molecular flexibility index (Phi) is 4.30. The minimum absolute atomic E-state index is 0.0235. The lowest BCUT2D eigenvalue weighted by Crippen LogP contribution is -2.41. The zero-order valence-electron chi connectivity index (χ0n) is 14.7. The van der Waals surface area contributed by atoms with Crippen molar-refractivity contribution in [2.24, 2.45) is 5.73 Å². The van der Waals surface area contributed by atoms with Crippen molar-refractivity contribution in [3.63, 3.8) is 0 Å². The van der Waals surface area contributed by atoms with E-state index in [0.717, 1.165) is 6.07 Å². The van der Waals surface area contributed by atoms with Crippen LogP contribution in [0.2, 0.25) is 0 Å². The maximum Gasteiger partial charge on any atom is 0.417 e. The van der Waals surface area contributed by atoms with Gasteiger partial charge in [0.15, 0.2) is 6.17 Å². The molecule has 0 fully saturated rings. The average Bonchev–Trinajstić information content (AvgIpc) is 3.21. The summed E-state index contributed by atoms with van der Waals surface area (Å²) in [5.41, 5.74) is 3.53. The van der Waals surface area contributed by atoms with Gasteiger partial charge in [0, 0.05) is 0 Å². The molecule has 2 amide bonds. The Hall–Kier alpha value is -3.75. The molecular formula is C20H14F3N3O3. The summed E-state index contributed by atoms with van der Waals surface area (Å²) in [6, 6.07) is 11.9. The van der Waals surface area contributed by atoms with Gasteiger partial charge in [-0.15, -0.1) is 0 Å². The first-order valence-corrected chi connectivity index (χ1v) is 8.51. The lowest BCUT2D eigenvalue weighted by Gasteiger charge is -2.31. The number of halogens is 3. The molecule has 0 radical (unpaired) electrons. The number of rotatable bonds is 3. The van der Waals surface area contributed by atoms with Crippen LogP contribution in [0.5, 0.6) is 0 Å². The van der Waals surface area contributed by atoms with E-state index >= 15 is 0 Å². The molecule has 2 aromatic carbocycles. The molecule has 1 unspecified atom stereocenters. The van der Waals surface area contributed by atoms with E-state index < -0.39 is 35.3 Å². The summed E-state index contributed by atoms with van der Waals surface area (Å²) >= 11 is 0. The molecule has 1 aliphatic rings. The lowest BCUT2D eigenvalue weighted by atomic mass is 9.89. The fourth-order valence-electron chi connectivity index (χ4n) is 3.37. The average molecular weight is 401 g/mol. The normalized spacial score (nSPS) is 16.0. The van der Waals surface area contributed by atoms with Gasteiger partial charge in [-0.25, -0.2) is 0 Å². The van der Waals surface area contributed by atoms with Gasteiger partial charge in [0.25, 0.3) is 11.8 Å². The van der Waals surface area contributed by atoms with Gasteiger partial charge in [0.2, 0.25) is 0 Å². The molecule has 0 aliphatic carbocycles. The topological polar surface area (TPSA) is 97.4 Å². The molecule has 6 nitrogen and oxygen atoms in total. The second-order valence-corrected chi connectivity index (χ2v) is 6.39. The maximum absolute atomic E-state index is 13.8. The van der Waals surface area contributed by atoms with Crippen molar-refractivity contribution in [3.8, 4) is 11.1 Å². The summed E-state index contributed by atoms with van der Waals surface area (Å²) in [6.45, 7) is 0. The number of fused-ring (bicyclic) bond motifs is 1. The van der Waals surface area contributed by atoms with Crippen molar-refractivity contribution < 1.29 is 27.2 Å². The zero-order valence-corrected chi connectivity index (χ0v) is 14.7. The smallest absolute Gasteiger partial charge is 0.417 e. The van der Waals surface area contributed by atoms with Crippen molar-refractivity contribution in [2.75, 3.05) is 5.32 Å². The largest absolute Gasteiger partial charge is 0.465 e. The number of anilines is 1. The molecule has 2 heterocycles. The molecule has 0 saturated carbocycles. The number of primary amides is 1. The van der Waals surface area contributed by atoms with E-state index in [1.807, 2.05) is 0 Å². The molecule has 1 aromatic heterocycles. The van der Waals surface area contributed by atoms with Crippen molar-refractivity contribution in [2.45, 2.75) is 12.3 Å². The number of hydrogen-bond donors (Lipinski definition) is 3. The molecule has 9 heteroatoms. The molecule has 0 saturated heterocycles. The van der Waals surface area contributed by atoms with Crippen LogP contribution < -0.4 is 16.4 Å². The van der Waals surface area contributed by atoms with Gasteiger partial charge in [-0.3, -0.25) is 9.59 Å². The fraction of sp³-hybridized carbons (Fsp3) is 0.100. The minimum atomic E-state index is -4.83. The lowest BCUT2D eigenvalue weighted by molar-refractivity contribution is -0.137. The van der Waals surface area contributed by atoms with Gasteiger partial charge in [-0.2, -0.15) is 13.2 Å². The number of amides is 2. The van der Waals surface area contributed by atoms with Gasteiger partial charge in [-0.1, -0.05) is 30.3 Å². The van der Waals surface area contributed by atoms with Crippen molar-refractivity contribution >= 4 is 17.5 Å². The molecule has 29 heavy (non-hydrogen) atoms. The molecule has 148 valence electrons. The van der Waals surface area contributed by atoms with Crippen LogP contribution >= 0.6 is 0 Å². The van der Waals surface area contributed by atoms with Crippen LogP contribution in [0.3, 0.4) is 0 Å². The van der Waals surface area contributed by atoms with E-state index in [4.69, 9.17) is 10.2 Å². The molecule has 4 N–H and O–H groups in total. The Morgan fingerprint density at radius 1 is 1.07 bits per heavy atom. The summed E-state index contributed by atoms with van der Waals surface area (Å²) in [4.78, 5) is 24.9. The minimum Gasteiger partial charge on any atom is -0.465 e. The third kappa shape index (κ3) is 3.20. The van der Waals surface area contributed by atoms with Gasteiger partial charge in [0.05, 0.1) is 28.6 Å². The number of nitrogens with two attached hydrogens (primary N) is 1. The van der Waals surface area contributed by atoms with Crippen LogP contribution in [-0.4, -0.2) is 11.8 Å². The summed E-state index contributed by atoms with van der Waals surface area (Å²) in [7, 11) is 0. The number of alkyl halides is 3. The summed E-state index contributed by atoms with van der Waals surface area (Å²) in [5, 5.41) is 5.19. The van der Waals surface area contributed by atoms with Crippen LogP contribution in [0.25, 0.3) is 11.1 Å². The van der Waals surface area contributed by atoms with Gasteiger partial charge in [-0.05, 0) is 29.3 Å². The highest BCUT2D eigenvalue weighted by molar-refractivity contribution is 6.13. The van der Waals surface area contributed by atoms with Crippen LogP contribution in [0.15, 0.2) is 59.2 Å². The van der Waals surface area contributed by atoms with Crippen molar-refractivity contribution in [1.29, 1.82) is 0 Å². The van der Waals surface area contributed by atoms with Gasteiger partial charge < -0.3 is 20.8 Å². The van der Waals surface area contributed by atoms with Crippen LogP contribution in [-0.2, 0) is 6.18 Å². The van der Waals surface area contributed by atoms with Crippen LogP contribution in [0, 0.1) is 0 Å². The summed E-state index contributed by atoms with van der Waals surface area (Å²) < 4.78 is 46.7. The molecule has 3 aromatic rings. The van der Waals surface area contributed by atoms with E-state index in [0.29, 0.717) is 5.56 Å². The third-order valence-electron chi connectivity index (χ3n) is 4.58. The number of carbonyl (C=O) groups excluding carboxylic acids is 2. The van der Waals surface area contributed by atoms with E-state index in [9.17, 15) is 22.8 Å². The first kappa shape index (κ1) is 18.6. The molecule has 4 rings (SSSR count). The predicted molar refractivity (Wildman–Crippen MR) is 97.9 cm³/mol. The van der Waals surface area contributed by atoms with E-state index in [1.165, 1.54) is 6.26 Å². The standard InChI is InChI=1S/C20H14F3N3O3/c21-20(22,23)12-9-11(10-5-2-1-3-6-10)14(17(24)27)16-15(12)19(28)26-18(25-16)13-7-4-8-29-13/h1-9,18,25H,(H2,24,27)(H,26,28). The van der Waals surface area contributed by atoms with Crippen molar-refractivity contribution in [1.82, 2.24) is 5.32 Å². The maximum atomic E-state index is 13.8. The summed E-state index contributed by atoms with van der Waals surface area (Å²) in [6.07, 6.45) is -4.44. The Morgan fingerprint density at radius 3 is 2.38 bits per heavy atom. The first-order valence-electron chi connectivity index (χ1n) is 8.51. The highest BCUT2D eigenvalue weighted by Crippen LogP contribution is 2.44. The Morgan fingerprint density at radius 2 is 1.79 bits per heavy atom. The molecular weight excluding hydrogens is 387 g/mol. The van der Waals surface area contributed by atoms with Crippen LogP contribution in [0.1, 0.15) is 38.2 Å². The van der Waals surface area contributed by atoms with Crippen LogP contribution in [0.4, 0.5) is 18.9 Å². The Bertz CT molecular complexity index is 1090. The second kappa shape index (κ2) is 6.69. The number of hydrogen-bond acceptors (Lipinski definition) is 4. The van der Waals surface area contributed by atoms with Gasteiger partial charge in [0.1, 0.15) is 5.76 Å². The molecule has 1 aliphatic heterocycles. The van der Waals surface area contributed by atoms with Crippen molar-refractivity contribution in [3.05, 3.63) is 77.2 Å². The monoisotopic (exact) mass is 401 g/mol. The number of carbonyl (C=O) groups is 2. The molecule has 0 spiro atoms. The van der Waals surface area contributed by atoms with Gasteiger partial charge >= 0.3 is 6.18 Å². The van der Waals surface area contributed by atoms with E-state index in [1.54, 1.807) is 42.5 Å². The number of benzene rings is 2. The second-order valence-electron chi connectivity index (χ2n) is 6.39. The SMILES string of the molecule is NC(=O)c1c(-c2ccccc2)cc(C(F)(F)F)c2c1NC(c1ccco1)NC2=O. The Balaban J connectivity index is 2.03. The number of furan rings is 1. The zero-order chi connectivity index (χ0) is 20.8. The molecule has 1 atom stereocenters. The highest BCUT2D eigenvalue weighted by Gasteiger charge is 2.42. The first-order chi connectivity index (χ1) is 13.8. The third-order valence-corrected chi connectivity index (χ3v) is 4.58. The Labute approximate surface area is 162 Å². The summed E-state index contributed by atoms with van der Waals surface area (Å²) in [5.74, 6) is -1.69. The van der Waals surface area contributed by atoms with E-state index in [2.05, 4.69) is 10.6 Å². The fourth-order valence-corrected chi connectivity index (χ4v) is 3.37. The quantitative estimate of drug-likeness (QED) is 0.620. The predicted octanol–water partition coefficient (Wildman–Crippen LogP) is 3.92. The number of nitrogens with one attached hydrogen (secondary N) is 2. The molecule has 0 bridgehead atoms. The van der Waals surface area contributed by atoms with E-state index in [-0.39, 0.29) is 22.6 Å². The highest BCUT2D eigenvalue weighted by atomic mass is 19.4.